The van der Waals surface area contributed by atoms with Crippen LogP contribution in [0.2, 0.25) is 0 Å². The third-order valence-electron chi connectivity index (χ3n) is 3.05. The first kappa shape index (κ1) is 11.9. The summed E-state index contributed by atoms with van der Waals surface area (Å²) in [4.78, 5) is 15.4. The fourth-order valence-electron chi connectivity index (χ4n) is 2.11. The van der Waals surface area contributed by atoms with Crippen molar-refractivity contribution in [3.8, 4) is 11.5 Å². The summed E-state index contributed by atoms with van der Waals surface area (Å²) in [6.07, 6.45) is 1.69. The third-order valence-corrected chi connectivity index (χ3v) is 3.05. The number of ether oxygens (including phenoxy) is 1. The average molecular weight is 260 g/mol. The standard InChI is InChI=1S/C13H12N2O4/c16-13(17)9-5-2-1-4-8(9)12-14-11(15-19-12)10-6-3-7-18-10/h1-2,4-5,10H,3,6-7H2,(H,16,17). The lowest BCUT2D eigenvalue weighted by Gasteiger charge is -2.01. The van der Waals surface area contributed by atoms with Gasteiger partial charge in [0.05, 0.1) is 11.1 Å². The maximum Gasteiger partial charge on any atom is 0.336 e. The molecule has 1 saturated heterocycles. The smallest absolute Gasteiger partial charge is 0.336 e. The van der Waals surface area contributed by atoms with Crippen LogP contribution in [0.4, 0.5) is 0 Å². The SMILES string of the molecule is O=C(O)c1ccccc1-c1nc(C2CCCO2)no1. The fraction of sp³-hybridized carbons (Fsp3) is 0.308. The zero-order valence-electron chi connectivity index (χ0n) is 10.1. The van der Waals surface area contributed by atoms with Crippen LogP contribution in [0.5, 0.6) is 0 Å². The van der Waals surface area contributed by atoms with Crippen LogP contribution in [0.25, 0.3) is 11.5 Å². The van der Waals surface area contributed by atoms with E-state index in [1.165, 1.54) is 6.07 Å². The molecule has 1 N–H and O–H groups in total. The molecule has 0 aliphatic carbocycles. The minimum Gasteiger partial charge on any atom is -0.478 e. The van der Waals surface area contributed by atoms with Crippen molar-refractivity contribution in [1.29, 1.82) is 0 Å². The van der Waals surface area contributed by atoms with E-state index in [-0.39, 0.29) is 17.6 Å². The molecule has 0 saturated carbocycles. The number of hydrogen-bond donors (Lipinski definition) is 1. The largest absolute Gasteiger partial charge is 0.478 e. The monoisotopic (exact) mass is 260 g/mol. The summed E-state index contributed by atoms with van der Waals surface area (Å²) >= 11 is 0. The highest BCUT2D eigenvalue weighted by molar-refractivity contribution is 5.94. The highest BCUT2D eigenvalue weighted by Gasteiger charge is 2.24. The Balaban J connectivity index is 1.96. The Morgan fingerprint density at radius 3 is 2.95 bits per heavy atom. The summed E-state index contributed by atoms with van der Waals surface area (Å²) in [5, 5.41) is 13.0. The Morgan fingerprint density at radius 1 is 1.37 bits per heavy atom. The van der Waals surface area contributed by atoms with Gasteiger partial charge in [-0.3, -0.25) is 0 Å². The molecule has 0 amide bonds. The zero-order chi connectivity index (χ0) is 13.2. The lowest BCUT2D eigenvalue weighted by molar-refractivity contribution is 0.0697. The lowest BCUT2D eigenvalue weighted by Crippen LogP contribution is -2.00. The van der Waals surface area contributed by atoms with Crippen molar-refractivity contribution in [3.63, 3.8) is 0 Å². The average Bonchev–Trinajstić information content (AvgIpc) is 3.09. The van der Waals surface area contributed by atoms with E-state index in [0.29, 0.717) is 18.0 Å². The van der Waals surface area contributed by atoms with Crippen LogP contribution < -0.4 is 0 Å². The van der Waals surface area contributed by atoms with Crippen molar-refractivity contribution in [3.05, 3.63) is 35.7 Å². The predicted octanol–water partition coefficient (Wildman–Crippen LogP) is 2.29. The molecular weight excluding hydrogens is 248 g/mol. The summed E-state index contributed by atoms with van der Waals surface area (Å²) in [5.74, 6) is -0.330. The summed E-state index contributed by atoms with van der Waals surface area (Å²) in [5.41, 5.74) is 0.566. The molecule has 1 aromatic carbocycles. The molecular formula is C13H12N2O4. The second-order valence-electron chi connectivity index (χ2n) is 4.31. The summed E-state index contributed by atoms with van der Waals surface area (Å²) in [7, 11) is 0. The molecule has 6 nitrogen and oxygen atoms in total. The first-order valence-corrected chi connectivity index (χ1v) is 6.03. The van der Waals surface area contributed by atoms with Crippen molar-refractivity contribution in [2.24, 2.45) is 0 Å². The third kappa shape index (κ3) is 2.22. The van der Waals surface area contributed by atoms with Gasteiger partial charge in [-0.15, -0.1) is 0 Å². The van der Waals surface area contributed by atoms with Crippen LogP contribution in [-0.4, -0.2) is 27.8 Å². The van der Waals surface area contributed by atoms with E-state index in [1.807, 2.05) is 0 Å². The molecule has 1 fully saturated rings. The number of aromatic carboxylic acids is 1. The fourth-order valence-corrected chi connectivity index (χ4v) is 2.11. The predicted molar refractivity (Wildman–Crippen MR) is 64.6 cm³/mol. The Hall–Kier alpha value is -2.21. The number of carboxylic acid groups (broad SMARTS) is 1. The highest BCUT2D eigenvalue weighted by atomic mass is 16.5. The molecule has 0 radical (unpaired) electrons. The zero-order valence-corrected chi connectivity index (χ0v) is 10.1. The second kappa shape index (κ2) is 4.81. The maximum atomic E-state index is 11.1. The van der Waals surface area contributed by atoms with E-state index in [1.54, 1.807) is 18.2 Å². The quantitative estimate of drug-likeness (QED) is 0.911. The second-order valence-corrected chi connectivity index (χ2v) is 4.31. The molecule has 6 heteroatoms. The van der Waals surface area contributed by atoms with Gasteiger partial charge in [0.1, 0.15) is 6.10 Å². The molecule has 19 heavy (non-hydrogen) atoms. The lowest BCUT2D eigenvalue weighted by atomic mass is 10.1. The van der Waals surface area contributed by atoms with Crippen molar-refractivity contribution >= 4 is 5.97 Å². The number of carboxylic acids is 1. The number of rotatable bonds is 3. The van der Waals surface area contributed by atoms with Gasteiger partial charge in [-0.05, 0) is 25.0 Å². The summed E-state index contributed by atoms with van der Waals surface area (Å²) in [6, 6.07) is 6.55. The molecule has 1 aliphatic rings. The van der Waals surface area contributed by atoms with Crippen molar-refractivity contribution < 1.29 is 19.2 Å². The molecule has 2 aromatic rings. The van der Waals surface area contributed by atoms with E-state index in [9.17, 15) is 4.79 Å². The Morgan fingerprint density at radius 2 is 2.21 bits per heavy atom. The topological polar surface area (TPSA) is 85.5 Å². The van der Waals surface area contributed by atoms with Gasteiger partial charge < -0.3 is 14.4 Å². The molecule has 0 spiro atoms. The number of aromatic nitrogens is 2. The number of carbonyl (C=O) groups is 1. The molecule has 1 atom stereocenters. The van der Waals surface area contributed by atoms with E-state index in [0.717, 1.165) is 12.8 Å². The van der Waals surface area contributed by atoms with Gasteiger partial charge in [0.2, 0.25) is 5.82 Å². The molecule has 1 aromatic heterocycles. The number of nitrogens with zero attached hydrogens (tertiary/aromatic N) is 2. The van der Waals surface area contributed by atoms with E-state index < -0.39 is 5.97 Å². The molecule has 0 bridgehead atoms. The van der Waals surface area contributed by atoms with Gasteiger partial charge in [0.15, 0.2) is 0 Å². The minimum absolute atomic E-state index is 0.144. The van der Waals surface area contributed by atoms with Crippen molar-refractivity contribution in [1.82, 2.24) is 10.1 Å². The molecule has 98 valence electrons. The van der Waals surface area contributed by atoms with Crippen LogP contribution in [0, 0.1) is 0 Å². The van der Waals surface area contributed by atoms with E-state index >= 15 is 0 Å². The minimum atomic E-state index is -1.02. The Bertz CT molecular complexity index is 602. The first-order valence-electron chi connectivity index (χ1n) is 6.03. The Kier molecular flexibility index (Phi) is 3.00. The summed E-state index contributed by atoms with van der Waals surface area (Å²) < 4.78 is 10.6. The Labute approximate surface area is 109 Å². The number of hydrogen-bond acceptors (Lipinski definition) is 5. The summed E-state index contributed by atoms with van der Waals surface area (Å²) in [6.45, 7) is 0.695. The van der Waals surface area contributed by atoms with Gasteiger partial charge in [-0.2, -0.15) is 4.98 Å². The van der Waals surface area contributed by atoms with E-state index in [2.05, 4.69) is 10.1 Å². The highest BCUT2D eigenvalue weighted by Crippen LogP contribution is 2.29. The maximum absolute atomic E-state index is 11.1. The van der Waals surface area contributed by atoms with Crippen LogP contribution in [-0.2, 0) is 4.74 Å². The number of benzene rings is 1. The van der Waals surface area contributed by atoms with Crippen LogP contribution in [0.1, 0.15) is 35.1 Å². The van der Waals surface area contributed by atoms with Crippen LogP contribution >= 0.6 is 0 Å². The molecule has 1 unspecified atom stereocenters. The normalized spacial score (nSPS) is 18.6. The van der Waals surface area contributed by atoms with Gasteiger partial charge in [-0.1, -0.05) is 17.3 Å². The molecule has 2 heterocycles. The van der Waals surface area contributed by atoms with Gasteiger partial charge in [-0.25, -0.2) is 4.79 Å². The van der Waals surface area contributed by atoms with Gasteiger partial charge >= 0.3 is 5.97 Å². The van der Waals surface area contributed by atoms with E-state index in [4.69, 9.17) is 14.4 Å². The first-order chi connectivity index (χ1) is 9.25. The van der Waals surface area contributed by atoms with Gasteiger partial charge in [0.25, 0.3) is 5.89 Å². The molecule has 1 aliphatic heterocycles. The molecule has 3 rings (SSSR count). The van der Waals surface area contributed by atoms with Crippen LogP contribution in [0.3, 0.4) is 0 Å². The van der Waals surface area contributed by atoms with Crippen LogP contribution in [0.15, 0.2) is 28.8 Å². The van der Waals surface area contributed by atoms with Gasteiger partial charge in [0, 0.05) is 6.61 Å². The van der Waals surface area contributed by atoms with Crippen molar-refractivity contribution in [2.45, 2.75) is 18.9 Å². The van der Waals surface area contributed by atoms with Crippen molar-refractivity contribution in [2.75, 3.05) is 6.61 Å².